The monoisotopic (exact) mass is 299 g/mol. The summed E-state index contributed by atoms with van der Waals surface area (Å²) in [6, 6.07) is 3.91. The molecule has 5 heteroatoms. The Morgan fingerprint density at radius 1 is 1.35 bits per heavy atom. The van der Waals surface area contributed by atoms with Crippen LogP contribution < -0.4 is 14.8 Å². The highest BCUT2D eigenvalue weighted by atomic mass is 35.5. The van der Waals surface area contributed by atoms with E-state index in [-0.39, 0.29) is 6.10 Å². The summed E-state index contributed by atoms with van der Waals surface area (Å²) in [6.07, 6.45) is 1.92. The van der Waals surface area contributed by atoms with Crippen LogP contribution in [0.1, 0.15) is 25.3 Å². The number of rotatable bonds is 6. The minimum Gasteiger partial charge on any atom is -0.493 e. The molecule has 0 spiro atoms. The van der Waals surface area contributed by atoms with Crippen LogP contribution >= 0.6 is 11.6 Å². The topological polar surface area (TPSA) is 39.7 Å². The Kier molecular flexibility index (Phi) is 5.95. The van der Waals surface area contributed by atoms with Crippen molar-refractivity contribution in [1.29, 1.82) is 0 Å². The molecule has 0 unspecified atom stereocenters. The van der Waals surface area contributed by atoms with E-state index in [4.69, 9.17) is 25.8 Å². The Labute approximate surface area is 125 Å². The average Bonchev–Trinajstić information content (AvgIpc) is 2.48. The molecule has 4 nitrogen and oxygen atoms in total. The maximum absolute atomic E-state index is 6.35. The smallest absolute Gasteiger partial charge is 0.180 e. The van der Waals surface area contributed by atoms with E-state index >= 15 is 0 Å². The molecule has 0 bridgehead atoms. The largest absolute Gasteiger partial charge is 0.493 e. The molecule has 0 amide bonds. The summed E-state index contributed by atoms with van der Waals surface area (Å²) in [5.74, 6) is 1.33. The number of nitrogens with one attached hydrogen (secondary N) is 1. The van der Waals surface area contributed by atoms with Gasteiger partial charge in [0.2, 0.25) is 0 Å². The highest BCUT2D eigenvalue weighted by Crippen LogP contribution is 2.38. The van der Waals surface area contributed by atoms with Crippen LogP contribution in [0.25, 0.3) is 0 Å². The molecule has 0 atom stereocenters. The van der Waals surface area contributed by atoms with Gasteiger partial charge in [0.05, 0.1) is 25.3 Å². The highest BCUT2D eigenvalue weighted by Gasteiger charge is 2.20. The van der Waals surface area contributed by atoms with Gasteiger partial charge in [-0.15, -0.1) is 0 Å². The van der Waals surface area contributed by atoms with Crippen LogP contribution in [-0.4, -0.2) is 33.0 Å². The molecule has 0 aromatic heterocycles. The van der Waals surface area contributed by atoms with E-state index in [1.165, 1.54) is 0 Å². The lowest BCUT2D eigenvalue weighted by Crippen LogP contribution is -2.26. The van der Waals surface area contributed by atoms with Crippen LogP contribution in [0.5, 0.6) is 11.5 Å². The Balaban J connectivity index is 2.14. The van der Waals surface area contributed by atoms with E-state index in [2.05, 4.69) is 12.2 Å². The third-order valence-electron chi connectivity index (χ3n) is 3.32. The molecular weight excluding hydrogens is 278 g/mol. The lowest BCUT2D eigenvalue weighted by molar-refractivity contribution is 0.0246. The summed E-state index contributed by atoms with van der Waals surface area (Å²) in [5, 5.41) is 3.87. The van der Waals surface area contributed by atoms with Crippen LogP contribution in [-0.2, 0) is 11.3 Å². The minimum absolute atomic E-state index is 0.148. The maximum atomic E-state index is 6.35. The molecule has 0 saturated carbocycles. The Bertz CT molecular complexity index is 433. The van der Waals surface area contributed by atoms with Gasteiger partial charge in [0.1, 0.15) is 6.10 Å². The molecule has 1 aliphatic heterocycles. The van der Waals surface area contributed by atoms with Crippen molar-refractivity contribution < 1.29 is 14.2 Å². The van der Waals surface area contributed by atoms with E-state index in [1.807, 2.05) is 12.1 Å². The highest BCUT2D eigenvalue weighted by molar-refractivity contribution is 6.32. The first-order valence-corrected chi connectivity index (χ1v) is 7.44. The SMILES string of the molecule is CCNCc1cc(Cl)c(OC2CCOCC2)c(OC)c1. The van der Waals surface area contributed by atoms with Crippen molar-refractivity contribution in [2.24, 2.45) is 0 Å². The number of ether oxygens (including phenoxy) is 3. The Morgan fingerprint density at radius 3 is 2.75 bits per heavy atom. The van der Waals surface area contributed by atoms with Gasteiger partial charge in [-0.2, -0.15) is 0 Å². The summed E-state index contributed by atoms with van der Waals surface area (Å²) in [4.78, 5) is 0. The van der Waals surface area contributed by atoms with Gasteiger partial charge in [-0.1, -0.05) is 18.5 Å². The third kappa shape index (κ3) is 4.01. The van der Waals surface area contributed by atoms with E-state index in [0.717, 1.165) is 44.7 Å². The second-order valence-corrected chi connectivity index (χ2v) is 5.23. The molecule has 1 aromatic rings. The van der Waals surface area contributed by atoms with Crippen LogP contribution in [0.3, 0.4) is 0 Å². The van der Waals surface area contributed by atoms with Crippen molar-refractivity contribution in [3.8, 4) is 11.5 Å². The first kappa shape index (κ1) is 15.4. The van der Waals surface area contributed by atoms with Crippen LogP contribution in [0.15, 0.2) is 12.1 Å². The van der Waals surface area contributed by atoms with Crippen molar-refractivity contribution >= 4 is 11.6 Å². The number of hydrogen-bond donors (Lipinski definition) is 1. The molecule has 0 radical (unpaired) electrons. The standard InChI is InChI=1S/C15H22ClNO3/c1-3-17-10-11-8-13(16)15(14(9-11)18-2)20-12-4-6-19-7-5-12/h8-9,12,17H,3-7,10H2,1-2H3. The Morgan fingerprint density at radius 2 is 2.10 bits per heavy atom. The second-order valence-electron chi connectivity index (χ2n) is 4.82. The zero-order valence-corrected chi connectivity index (χ0v) is 12.8. The quantitative estimate of drug-likeness (QED) is 0.876. The van der Waals surface area contributed by atoms with E-state index in [0.29, 0.717) is 16.5 Å². The first-order chi connectivity index (χ1) is 9.74. The zero-order valence-electron chi connectivity index (χ0n) is 12.1. The molecule has 1 fully saturated rings. The van der Waals surface area contributed by atoms with Gasteiger partial charge < -0.3 is 19.5 Å². The van der Waals surface area contributed by atoms with Crippen molar-refractivity contribution in [3.05, 3.63) is 22.7 Å². The van der Waals surface area contributed by atoms with Gasteiger partial charge in [-0.05, 0) is 24.2 Å². The Hall–Kier alpha value is -0.970. The van der Waals surface area contributed by atoms with Gasteiger partial charge in [0.15, 0.2) is 11.5 Å². The van der Waals surface area contributed by atoms with E-state index in [9.17, 15) is 0 Å². The number of halogens is 1. The molecule has 1 aliphatic rings. The van der Waals surface area contributed by atoms with E-state index in [1.54, 1.807) is 7.11 Å². The fraction of sp³-hybridized carbons (Fsp3) is 0.600. The average molecular weight is 300 g/mol. The minimum atomic E-state index is 0.148. The summed E-state index contributed by atoms with van der Waals surface area (Å²) >= 11 is 6.35. The van der Waals surface area contributed by atoms with Gasteiger partial charge in [0, 0.05) is 19.4 Å². The number of hydrogen-bond acceptors (Lipinski definition) is 4. The number of benzene rings is 1. The summed E-state index contributed by atoms with van der Waals surface area (Å²) in [7, 11) is 1.64. The van der Waals surface area contributed by atoms with Gasteiger partial charge in [-0.3, -0.25) is 0 Å². The molecule has 0 aliphatic carbocycles. The maximum Gasteiger partial charge on any atom is 0.180 e. The van der Waals surface area contributed by atoms with Crippen LogP contribution in [0.2, 0.25) is 5.02 Å². The van der Waals surface area contributed by atoms with Gasteiger partial charge in [-0.25, -0.2) is 0 Å². The van der Waals surface area contributed by atoms with E-state index < -0.39 is 0 Å². The second kappa shape index (κ2) is 7.72. The third-order valence-corrected chi connectivity index (χ3v) is 3.60. The fourth-order valence-corrected chi connectivity index (χ4v) is 2.50. The van der Waals surface area contributed by atoms with Crippen molar-refractivity contribution in [2.75, 3.05) is 26.9 Å². The van der Waals surface area contributed by atoms with Gasteiger partial charge in [0.25, 0.3) is 0 Å². The predicted octanol–water partition coefficient (Wildman–Crippen LogP) is 3.02. The van der Waals surface area contributed by atoms with Crippen LogP contribution in [0, 0.1) is 0 Å². The predicted molar refractivity (Wildman–Crippen MR) is 79.9 cm³/mol. The summed E-state index contributed by atoms with van der Waals surface area (Å²) in [6.45, 7) is 5.23. The van der Waals surface area contributed by atoms with Crippen molar-refractivity contribution in [2.45, 2.75) is 32.4 Å². The summed E-state index contributed by atoms with van der Waals surface area (Å²) < 4.78 is 16.8. The normalized spacial score (nSPS) is 16.1. The molecule has 2 rings (SSSR count). The van der Waals surface area contributed by atoms with Crippen LogP contribution in [0.4, 0.5) is 0 Å². The first-order valence-electron chi connectivity index (χ1n) is 7.06. The zero-order chi connectivity index (χ0) is 14.4. The lowest BCUT2D eigenvalue weighted by Gasteiger charge is -2.25. The lowest BCUT2D eigenvalue weighted by atomic mass is 10.1. The molecule has 1 heterocycles. The number of methoxy groups -OCH3 is 1. The molecule has 20 heavy (non-hydrogen) atoms. The van der Waals surface area contributed by atoms with Crippen molar-refractivity contribution in [1.82, 2.24) is 5.32 Å². The molecule has 1 saturated heterocycles. The molecule has 112 valence electrons. The van der Waals surface area contributed by atoms with Crippen molar-refractivity contribution in [3.63, 3.8) is 0 Å². The molecule has 1 N–H and O–H groups in total. The van der Waals surface area contributed by atoms with Gasteiger partial charge >= 0.3 is 0 Å². The summed E-state index contributed by atoms with van der Waals surface area (Å²) in [5.41, 5.74) is 1.09. The molecular formula is C15H22ClNO3. The fourth-order valence-electron chi connectivity index (χ4n) is 2.22. The molecule has 1 aromatic carbocycles.